The van der Waals surface area contributed by atoms with Gasteiger partial charge in [0.25, 0.3) is 0 Å². The maximum atomic E-state index is 11.1. The minimum Gasteiger partial charge on any atom is -0.366 e. The zero-order chi connectivity index (χ0) is 13.4. The molecule has 0 aliphatic carbocycles. The summed E-state index contributed by atoms with van der Waals surface area (Å²) >= 11 is 0. The maximum Gasteiger partial charge on any atom is 0.248 e. The standard InChI is InChI=1S/C15H13N3O/c1-9-2-7-13-12(8-9)14(18-17-13)10-3-5-11(6-4-10)15(16)19/h2-8H,1H3,(H2,16,19)(H,17,18). The van der Waals surface area contributed by atoms with E-state index in [1.54, 1.807) is 12.1 Å². The van der Waals surface area contributed by atoms with E-state index < -0.39 is 5.91 Å². The quantitative estimate of drug-likeness (QED) is 0.735. The fourth-order valence-electron chi connectivity index (χ4n) is 2.15. The van der Waals surface area contributed by atoms with Crippen molar-refractivity contribution in [3.63, 3.8) is 0 Å². The Morgan fingerprint density at radius 2 is 1.89 bits per heavy atom. The molecule has 1 heterocycles. The molecule has 0 spiro atoms. The van der Waals surface area contributed by atoms with Crippen LogP contribution in [0.4, 0.5) is 0 Å². The number of carbonyl (C=O) groups excluding carboxylic acids is 1. The molecule has 0 atom stereocenters. The third-order valence-corrected chi connectivity index (χ3v) is 3.17. The van der Waals surface area contributed by atoms with Gasteiger partial charge in [0, 0.05) is 16.5 Å². The molecule has 94 valence electrons. The minimum atomic E-state index is -0.420. The summed E-state index contributed by atoms with van der Waals surface area (Å²) < 4.78 is 0. The summed E-state index contributed by atoms with van der Waals surface area (Å²) in [6, 6.07) is 13.3. The van der Waals surface area contributed by atoms with Crippen LogP contribution in [0.3, 0.4) is 0 Å². The molecule has 3 rings (SSSR count). The normalized spacial score (nSPS) is 10.8. The SMILES string of the molecule is Cc1ccc2n[nH]c(-c3ccc(C(N)=O)cc3)c2c1. The van der Waals surface area contributed by atoms with Crippen LogP contribution in [-0.4, -0.2) is 16.1 Å². The first-order valence-electron chi connectivity index (χ1n) is 6.00. The Bertz CT molecular complexity index is 757. The van der Waals surface area contributed by atoms with Crippen molar-refractivity contribution in [3.05, 3.63) is 53.6 Å². The topological polar surface area (TPSA) is 71.8 Å². The second-order valence-electron chi connectivity index (χ2n) is 4.56. The second-order valence-corrected chi connectivity index (χ2v) is 4.56. The number of primary amides is 1. The van der Waals surface area contributed by atoms with Crippen molar-refractivity contribution in [2.45, 2.75) is 6.92 Å². The van der Waals surface area contributed by atoms with Crippen molar-refractivity contribution < 1.29 is 4.79 Å². The summed E-state index contributed by atoms with van der Waals surface area (Å²) in [4.78, 5) is 11.1. The van der Waals surface area contributed by atoms with E-state index in [9.17, 15) is 4.79 Å². The first kappa shape index (κ1) is 11.5. The molecule has 1 amide bonds. The zero-order valence-corrected chi connectivity index (χ0v) is 10.5. The fraction of sp³-hybridized carbons (Fsp3) is 0.0667. The molecular weight excluding hydrogens is 238 g/mol. The molecule has 3 aromatic rings. The number of hydrogen-bond acceptors (Lipinski definition) is 2. The van der Waals surface area contributed by atoms with Crippen LogP contribution in [0.2, 0.25) is 0 Å². The van der Waals surface area contributed by atoms with Gasteiger partial charge in [-0.2, -0.15) is 5.10 Å². The number of amides is 1. The summed E-state index contributed by atoms with van der Waals surface area (Å²) in [5.41, 5.74) is 9.79. The Morgan fingerprint density at radius 3 is 2.58 bits per heavy atom. The Hall–Kier alpha value is -2.62. The lowest BCUT2D eigenvalue weighted by Gasteiger charge is -2.01. The number of nitrogens with one attached hydrogen (secondary N) is 1. The second kappa shape index (κ2) is 4.24. The summed E-state index contributed by atoms with van der Waals surface area (Å²) in [6.45, 7) is 2.05. The van der Waals surface area contributed by atoms with Gasteiger partial charge in [0.05, 0.1) is 11.2 Å². The molecular formula is C15H13N3O. The van der Waals surface area contributed by atoms with Gasteiger partial charge in [-0.1, -0.05) is 23.8 Å². The summed E-state index contributed by atoms with van der Waals surface area (Å²) in [5, 5.41) is 8.39. The highest BCUT2D eigenvalue weighted by Crippen LogP contribution is 2.27. The molecule has 1 aromatic heterocycles. The van der Waals surface area contributed by atoms with Gasteiger partial charge in [0.1, 0.15) is 0 Å². The number of nitrogens with zero attached hydrogens (tertiary/aromatic N) is 1. The molecule has 2 aromatic carbocycles. The largest absolute Gasteiger partial charge is 0.366 e. The Kier molecular flexibility index (Phi) is 2.56. The summed E-state index contributed by atoms with van der Waals surface area (Å²) in [7, 11) is 0. The first-order valence-corrected chi connectivity index (χ1v) is 6.00. The van der Waals surface area contributed by atoms with E-state index in [0.717, 1.165) is 22.2 Å². The highest BCUT2D eigenvalue weighted by atomic mass is 16.1. The van der Waals surface area contributed by atoms with E-state index in [2.05, 4.69) is 16.3 Å². The van der Waals surface area contributed by atoms with E-state index >= 15 is 0 Å². The van der Waals surface area contributed by atoms with E-state index in [1.165, 1.54) is 5.56 Å². The van der Waals surface area contributed by atoms with E-state index in [-0.39, 0.29) is 0 Å². The predicted octanol–water partition coefficient (Wildman–Crippen LogP) is 2.64. The van der Waals surface area contributed by atoms with Crippen LogP contribution < -0.4 is 5.73 Å². The monoisotopic (exact) mass is 251 g/mol. The fourth-order valence-corrected chi connectivity index (χ4v) is 2.15. The molecule has 0 aliphatic heterocycles. The Morgan fingerprint density at radius 1 is 1.16 bits per heavy atom. The van der Waals surface area contributed by atoms with Crippen molar-refractivity contribution in [2.24, 2.45) is 5.73 Å². The van der Waals surface area contributed by atoms with Crippen molar-refractivity contribution >= 4 is 16.8 Å². The Labute approximate surface area is 110 Å². The van der Waals surface area contributed by atoms with Crippen molar-refractivity contribution in [1.29, 1.82) is 0 Å². The summed E-state index contributed by atoms with van der Waals surface area (Å²) in [6.07, 6.45) is 0. The minimum absolute atomic E-state index is 0.420. The number of aromatic amines is 1. The van der Waals surface area contributed by atoms with Crippen LogP contribution >= 0.6 is 0 Å². The molecule has 4 nitrogen and oxygen atoms in total. The number of fused-ring (bicyclic) bond motifs is 1. The molecule has 4 heteroatoms. The molecule has 0 saturated heterocycles. The van der Waals surface area contributed by atoms with Crippen LogP contribution in [0.5, 0.6) is 0 Å². The average Bonchev–Trinajstić information content (AvgIpc) is 2.81. The van der Waals surface area contributed by atoms with Crippen LogP contribution in [0.15, 0.2) is 42.5 Å². The molecule has 0 saturated carbocycles. The maximum absolute atomic E-state index is 11.1. The molecule has 19 heavy (non-hydrogen) atoms. The predicted molar refractivity (Wildman–Crippen MR) is 74.8 cm³/mol. The molecule has 0 aliphatic rings. The highest BCUT2D eigenvalue weighted by molar-refractivity contribution is 5.95. The van der Waals surface area contributed by atoms with Gasteiger partial charge in [-0.05, 0) is 31.2 Å². The van der Waals surface area contributed by atoms with Crippen molar-refractivity contribution in [1.82, 2.24) is 10.2 Å². The van der Waals surface area contributed by atoms with Gasteiger partial charge in [-0.3, -0.25) is 9.89 Å². The molecule has 3 N–H and O–H groups in total. The smallest absolute Gasteiger partial charge is 0.248 e. The van der Waals surface area contributed by atoms with Crippen molar-refractivity contribution in [3.8, 4) is 11.3 Å². The molecule has 0 radical (unpaired) electrons. The average molecular weight is 251 g/mol. The number of rotatable bonds is 2. The van der Waals surface area contributed by atoms with Gasteiger partial charge >= 0.3 is 0 Å². The van der Waals surface area contributed by atoms with E-state index in [0.29, 0.717) is 5.56 Å². The Balaban J connectivity index is 2.13. The van der Waals surface area contributed by atoms with Gasteiger partial charge < -0.3 is 5.73 Å². The van der Waals surface area contributed by atoms with Crippen LogP contribution in [-0.2, 0) is 0 Å². The van der Waals surface area contributed by atoms with Gasteiger partial charge in [0.2, 0.25) is 5.91 Å². The van der Waals surface area contributed by atoms with Gasteiger partial charge in [-0.15, -0.1) is 0 Å². The van der Waals surface area contributed by atoms with Gasteiger partial charge in [-0.25, -0.2) is 0 Å². The lowest BCUT2D eigenvalue weighted by Crippen LogP contribution is -2.10. The third kappa shape index (κ3) is 1.97. The number of nitrogens with two attached hydrogens (primary N) is 1. The lowest BCUT2D eigenvalue weighted by atomic mass is 10.0. The number of H-pyrrole nitrogens is 1. The van der Waals surface area contributed by atoms with Crippen LogP contribution in [0.25, 0.3) is 22.2 Å². The molecule has 0 bridgehead atoms. The first-order chi connectivity index (χ1) is 9.15. The summed E-state index contributed by atoms with van der Waals surface area (Å²) in [5.74, 6) is -0.420. The highest BCUT2D eigenvalue weighted by Gasteiger charge is 2.08. The van der Waals surface area contributed by atoms with E-state index in [4.69, 9.17) is 5.73 Å². The number of hydrogen-bond donors (Lipinski definition) is 2. The number of aromatic nitrogens is 2. The van der Waals surface area contributed by atoms with Crippen LogP contribution in [0.1, 0.15) is 15.9 Å². The van der Waals surface area contributed by atoms with Gasteiger partial charge in [0.15, 0.2) is 0 Å². The zero-order valence-electron chi connectivity index (χ0n) is 10.5. The number of benzene rings is 2. The van der Waals surface area contributed by atoms with Crippen molar-refractivity contribution in [2.75, 3.05) is 0 Å². The van der Waals surface area contributed by atoms with E-state index in [1.807, 2.05) is 31.2 Å². The molecule has 0 fully saturated rings. The number of carbonyl (C=O) groups is 1. The van der Waals surface area contributed by atoms with Crippen LogP contribution in [0, 0.1) is 6.92 Å². The lowest BCUT2D eigenvalue weighted by molar-refractivity contribution is 0.100. The third-order valence-electron chi connectivity index (χ3n) is 3.17. The molecule has 0 unspecified atom stereocenters. The number of aryl methyl sites for hydroxylation is 1.